The van der Waals surface area contributed by atoms with E-state index in [1.165, 1.54) is 28.6 Å². The summed E-state index contributed by atoms with van der Waals surface area (Å²) in [5.74, 6) is -0.366. The average molecular weight is 426 g/mol. The first-order valence-corrected chi connectivity index (χ1v) is 10.8. The summed E-state index contributed by atoms with van der Waals surface area (Å²) in [5.41, 5.74) is 2.63. The van der Waals surface area contributed by atoms with Gasteiger partial charge in [-0.15, -0.1) is 0 Å². The number of sulfonamides is 1. The van der Waals surface area contributed by atoms with Crippen LogP contribution >= 0.6 is 0 Å². The summed E-state index contributed by atoms with van der Waals surface area (Å²) < 4.78 is 33.4. The van der Waals surface area contributed by atoms with Crippen molar-refractivity contribution >= 4 is 16.0 Å². The first-order valence-electron chi connectivity index (χ1n) is 9.32. The summed E-state index contributed by atoms with van der Waals surface area (Å²) in [6.07, 6.45) is 0. The summed E-state index contributed by atoms with van der Waals surface area (Å²) >= 11 is 0. The van der Waals surface area contributed by atoms with Crippen molar-refractivity contribution in [2.45, 2.75) is 24.9 Å². The molecule has 0 saturated carbocycles. The predicted molar refractivity (Wildman–Crippen MR) is 114 cm³/mol. The lowest BCUT2D eigenvalue weighted by Gasteiger charge is -2.23. The minimum absolute atomic E-state index is 0.0364. The van der Waals surface area contributed by atoms with Crippen LogP contribution in [0.25, 0.3) is 0 Å². The van der Waals surface area contributed by atoms with Gasteiger partial charge in [0.15, 0.2) is 0 Å². The highest BCUT2D eigenvalue weighted by atomic mass is 32.2. The van der Waals surface area contributed by atoms with Gasteiger partial charge in [-0.1, -0.05) is 42.5 Å². The first-order chi connectivity index (χ1) is 14.3. The fourth-order valence-electron chi connectivity index (χ4n) is 3.17. The van der Waals surface area contributed by atoms with Crippen LogP contribution in [0.5, 0.6) is 5.75 Å². The van der Waals surface area contributed by atoms with Crippen LogP contribution in [0.2, 0.25) is 0 Å². The Morgan fingerprint density at radius 3 is 2.13 bits per heavy atom. The van der Waals surface area contributed by atoms with Crippen LogP contribution in [-0.2, 0) is 23.1 Å². The molecule has 3 aromatic rings. The third-order valence-corrected chi connectivity index (χ3v) is 6.56. The van der Waals surface area contributed by atoms with Crippen molar-refractivity contribution in [3.63, 3.8) is 0 Å². The van der Waals surface area contributed by atoms with Crippen LogP contribution in [-0.4, -0.2) is 30.9 Å². The van der Waals surface area contributed by atoms with Gasteiger partial charge in [-0.05, 0) is 53.9 Å². The molecule has 0 radical (unpaired) electrons. The van der Waals surface area contributed by atoms with Gasteiger partial charge in [-0.25, -0.2) is 13.2 Å². The molecule has 156 valence electrons. The molecule has 7 heteroatoms. The fraction of sp³-hybridized carbons (Fsp3) is 0.174. The molecule has 3 rings (SSSR count). The number of rotatable bonds is 8. The van der Waals surface area contributed by atoms with Gasteiger partial charge in [0.25, 0.3) is 0 Å². The molecule has 0 heterocycles. The van der Waals surface area contributed by atoms with Crippen LogP contribution in [0.1, 0.15) is 27.0 Å². The molecule has 0 aliphatic heterocycles. The SMILES string of the molecule is COc1ccc(CN(Cc2ccccc2)S(=O)(=O)c2ccc(C(=O)O)cc2)cc1C. The summed E-state index contributed by atoms with van der Waals surface area (Å²) in [4.78, 5) is 11.1. The summed E-state index contributed by atoms with van der Waals surface area (Å²) in [6, 6.07) is 20.2. The molecule has 0 unspecified atom stereocenters. The maximum Gasteiger partial charge on any atom is 0.335 e. The van der Waals surface area contributed by atoms with Crippen molar-refractivity contribution < 1.29 is 23.1 Å². The Balaban J connectivity index is 1.97. The lowest BCUT2D eigenvalue weighted by atomic mass is 10.1. The Morgan fingerprint density at radius 2 is 1.57 bits per heavy atom. The Morgan fingerprint density at radius 1 is 0.933 bits per heavy atom. The van der Waals surface area contributed by atoms with Crippen molar-refractivity contribution in [1.29, 1.82) is 0 Å². The maximum absolute atomic E-state index is 13.4. The van der Waals surface area contributed by atoms with Crippen molar-refractivity contribution in [2.24, 2.45) is 0 Å². The minimum Gasteiger partial charge on any atom is -0.496 e. The molecule has 0 bridgehead atoms. The van der Waals surface area contributed by atoms with E-state index in [1.54, 1.807) is 7.11 Å². The Bertz CT molecular complexity index is 1130. The molecular weight excluding hydrogens is 402 g/mol. The smallest absolute Gasteiger partial charge is 0.335 e. The first kappa shape index (κ1) is 21.5. The number of hydrogen-bond donors (Lipinski definition) is 1. The van der Waals surface area contributed by atoms with Crippen molar-refractivity contribution in [2.75, 3.05) is 7.11 Å². The monoisotopic (exact) mass is 425 g/mol. The highest BCUT2D eigenvalue weighted by Gasteiger charge is 2.25. The lowest BCUT2D eigenvalue weighted by molar-refractivity contribution is 0.0696. The van der Waals surface area contributed by atoms with Gasteiger partial charge in [0, 0.05) is 13.1 Å². The molecule has 0 fully saturated rings. The number of carbonyl (C=O) groups is 1. The van der Waals surface area contributed by atoms with E-state index in [2.05, 4.69) is 0 Å². The average Bonchev–Trinajstić information content (AvgIpc) is 2.74. The maximum atomic E-state index is 13.4. The number of aryl methyl sites for hydroxylation is 1. The van der Waals surface area contributed by atoms with E-state index >= 15 is 0 Å². The van der Waals surface area contributed by atoms with Gasteiger partial charge in [0.05, 0.1) is 17.6 Å². The second-order valence-electron chi connectivity index (χ2n) is 6.89. The molecule has 0 saturated heterocycles. The molecular formula is C23H23NO5S. The van der Waals surface area contributed by atoms with Crippen molar-refractivity contribution in [3.05, 3.63) is 95.1 Å². The molecule has 0 atom stereocenters. The lowest BCUT2D eigenvalue weighted by Crippen LogP contribution is -2.30. The van der Waals surface area contributed by atoms with Crippen molar-refractivity contribution in [3.8, 4) is 5.75 Å². The number of ether oxygens (including phenoxy) is 1. The molecule has 30 heavy (non-hydrogen) atoms. The zero-order valence-electron chi connectivity index (χ0n) is 16.8. The van der Waals surface area contributed by atoms with Crippen LogP contribution in [0.15, 0.2) is 77.7 Å². The standard InChI is InChI=1S/C23H23NO5S/c1-17-14-19(8-13-22(17)29-2)16-24(15-18-6-4-3-5-7-18)30(27,28)21-11-9-20(10-12-21)23(25)26/h3-14H,15-16H2,1-2H3,(H,25,26). The zero-order valence-corrected chi connectivity index (χ0v) is 17.6. The number of nitrogens with zero attached hydrogens (tertiary/aromatic N) is 1. The minimum atomic E-state index is -3.86. The molecule has 1 N–H and O–H groups in total. The van der Waals surface area contributed by atoms with E-state index in [0.29, 0.717) is 0 Å². The molecule has 0 amide bonds. The van der Waals surface area contributed by atoms with Gasteiger partial charge < -0.3 is 9.84 Å². The number of benzene rings is 3. The van der Waals surface area contributed by atoms with Gasteiger partial charge in [0.2, 0.25) is 10.0 Å². The number of methoxy groups -OCH3 is 1. The second kappa shape index (κ2) is 9.11. The van der Waals surface area contributed by atoms with E-state index in [0.717, 1.165) is 22.4 Å². The highest BCUT2D eigenvalue weighted by molar-refractivity contribution is 7.89. The molecule has 6 nitrogen and oxygen atoms in total. The van der Waals surface area contributed by atoms with Gasteiger partial charge in [-0.2, -0.15) is 4.31 Å². The van der Waals surface area contributed by atoms with E-state index in [-0.39, 0.29) is 23.5 Å². The van der Waals surface area contributed by atoms with Gasteiger partial charge in [-0.3, -0.25) is 0 Å². The molecule has 0 spiro atoms. The van der Waals surface area contributed by atoms with Gasteiger partial charge in [0.1, 0.15) is 5.75 Å². The topological polar surface area (TPSA) is 83.9 Å². The molecule has 0 aliphatic rings. The fourth-order valence-corrected chi connectivity index (χ4v) is 4.59. The molecule has 0 aromatic heterocycles. The number of carboxylic acid groups (broad SMARTS) is 1. The normalized spacial score (nSPS) is 11.4. The zero-order chi connectivity index (χ0) is 21.7. The summed E-state index contributed by atoms with van der Waals surface area (Å²) in [5, 5.41) is 9.08. The summed E-state index contributed by atoms with van der Waals surface area (Å²) in [6.45, 7) is 2.26. The molecule has 3 aromatic carbocycles. The van der Waals surface area contributed by atoms with E-state index in [4.69, 9.17) is 9.84 Å². The Kier molecular flexibility index (Phi) is 6.54. The van der Waals surface area contributed by atoms with E-state index < -0.39 is 16.0 Å². The van der Waals surface area contributed by atoms with Crippen LogP contribution < -0.4 is 4.74 Å². The largest absolute Gasteiger partial charge is 0.496 e. The third kappa shape index (κ3) is 4.87. The Labute approximate surface area is 176 Å². The quantitative estimate of drug-likeness (QED) is 0.588. The number of carboxylic acids is 1. The third-order valence-electron chi connectivity index (χ3n) is 4.76. The van der Waals surface area contributed by atoms with Crippen LogP contribution in [0.4, 0.5) is 0 Å². The predicted octanol–water partition coefficient (Wildman–Crippen LogP) is 4.09. The number of hydrogen-bond acceptors (Lipinski definition) is 4. The highest BCUT2D eigenvalue weighted by Crippen LogP contribution is 2.24. The molecule has 0 aliphatic carbocycles. The summed E-state index contributed by atoms with van der Waals surface area (Å²) in [7, 11) is -2.27. The number of aromatic carboxylic acids is 1. The van der Waals surface area contributed by atoms with Crippen LogP contribution in [0, 0.1) is 6.92 Å². The second-order valence-corrected chi connectivity index (χ2v) is 8.83. The van der Waals surface area contributed by atoms with Crippen LogP contribution in [0.3, 0.4) is 0 Å². The Hall–Kier alpha value is -3.16. The van der Waals surface area contributed by atoms with E-state index in [9.17, 15) is 13.2 Å². The van der Waals surface area contributed by atoms with E-state index in [1.807, 2.05) is 55.5 Å². The van der Waals surface area contributed by atoms with Gasteiger partial charge >= 0.3 is 5.97 Å². The van der Waals surface area contributed by atoms with Crippen molar-refractivity contribution in [1.82, 2.24) is 4.31 Å².